The van der Waals surface area contributed by atoms with E-state index in [0.717, 1.165) is 77.0 Å². The Hall–Kier alpha value is -5.89. The van der Waals surface area contributed by atoms with Gasteiger partial charge in [-0.15, -0.1) is 4.91 Å². The number of esters is 2. The Labute approximate surface area is 373 Å². The maximum absolute atomic E-state index is 12.8. The molecule has 1 aromatic rings. The van der Waals surface area contributed by atoms with Crippen LogP contribution in [0.1, 0.15) is 127 Å². The van der Waals surface area contributed by atoms with Gasteiger partial charge in [-0.1, -0.05) is 172 Å². The molecule has 1 atom stereocenters. The number of rotatable bonds is 35. The third-order valence-corrected chi connectivity index (χ3v) is 8.69. The maximum Gasteiger partial charge on any atom is 0.306 e. The molecule has 0 fully saturated rings. The Bertz CT molecular complexity index is 1730. The number of hydrogen-bond acceptors (Lipinski definition) is 7. The van der Waals surface area contributed by atoms with Crippen molar-refractivity contribution in [1.82, 2.24) is 5.32 Å². The summed E-state index contributed by atoms with van der Waals surface area (Å²) in [6.45, 7) is 3.94. The van der Waals surface area contributed by atoms with Crippen LogP contribution in [0, 0.1) is 4.91 Å². The fraction of sp³-hybridized carbons (Fsp3) is 0.389. The highest BCUT2D eigenvalue weighted by atomic mass is 16.6. The van der Waals surface area contributed by atoms with Gasteiger partial charge >= 0.3 is 11.9 Å². The molecule has 0 saturated heterocycles. The fourth-order valence-corrected chi connectivity index (χ4v) is 5.37. The van der Waals surface area contributed by atoms with Crippen molar-refractivity contribution in [2.45, 2.75) is 123 Å². The van der Waals surface area contributed by atoms with E-state index in [1.54, 1.807) is 12.1 Å². The summed E-state index contributed by atoms with van der Waals surface area (Å²) in [4.78, 5) is 49.3. The number of nitrogens with one attached hydrogen (secondary N) is 1. The van der Waals surface area contributed by atoms with Crippen molar-refractivity contribution in [1.29, 1.82) is 0 Å². The third kappa shape index (κ3) is 33.9. The van der Waals surface area contributed by atoms with E-state index < -0.39 is 23.9 Å². The van der Waals surface area contributed by atoms with Crippen molar-refractivity contribution in [2.24, 2.45) is 5.18 Å². The van der Waals surface area contributed by atoms with E-state index in [9.17, 15) is 19.3 Å². The summed E-state index contributed by atoms with van der Waals surface area (Å²) in [5.74, 6) is -1.47. The minimum Gasteiger partial charge on any atom is -0.462 e. The third-order valence-electron chi connectivity index (χ3n) is 8.69. The van der Waals surface area contributed by atoms with Crippen LogP contribution >= 0.6 is 0 Å². The van der Waals surface area contributed by atoms with Crippen molar-refractivity contribution < 1.29 is 23.9 Å². The second-order valence-corrected chi connectivity index (χ2v) is 14.0. The van der Waals surface area contributed by atoms with Crippen molar-refractivity contribution >= 4 is 23.5 Å². The Morgan fingerprint density at radius 3 is 1.26 bits per heavy atom. The topological polar surface area (TPSA) is 111 Å². The lowest BCUT2D eigenvalue weighted by Crippen LogP contribution is -2.38. The molecule has 1 unspecified atom stereocenters. The van der Waals surface area contributed by atoms with Gasteiger partial charge in [0.05, 0.1) is 12.1 Å². The molecule has 62 heavy (non-hydrogen) atoms. The predicted molar refractivity (Wildman–Crippen MR) is 260 cm³/mol. The minimum absolute atomic E-state index is 0.00394. The van der Waals surface area contributed by atoms with Crippen LogP contribution in [0.3, 0.4) is 0 Å². The maximum atomic E-state index is 12.8. The summed E-state index contributed by atoms with van der Waals surface area (Å²) in [7, 11) is 0. The van der Waals surface area contributed by atoms with Crippen molar-refractivity contribution in [3.05, 3.63) is 181 Å². The van der Waals surface area contributed by atoms with Crippen molar-refractivity contribution in [2.75, 3.05) is 13.2 Å². The molecule has 1 N–H and O–H groups in total. The van der Waals surface area contributed by atoms with Gasteiger partial charge in [0.2, 0.25) is 0 Å². The molecule has 0 aliphatic heterocycles. The normalized spacial score (nSPS) is 13.3. The van der Waals surface area contributed by atoms with E-state index in [1.807, 2.05) is 24.3 Å². The molecule has 0 spiro atoms. The number of nitrogens with zero attached hydrogens (tertiary/aromatic N) is 1. The Kier molecular flexibility index (Phi) is 36.5. The van der Waals surface area contributed by atoms with E-state index in [-0.39, 0.29) is 37.2 Å². The van der Waals surface area contributed by atoms with Crippen LogP contribution in [-0.2, 0) is 19.1 Å². The molecule has 0 aliphatic rings. The molecular formula is C54H72N2O6. The lowest BCUT2D eigenvalue weighted by atomic mass is 10.1. The highest BCUT2D eigenvalue weighted by Crippen LogP contribution is 2.18. The van der Waals surface area contributed by atoms with E-state index in [4.69, 9.17) is 9.47 Å². The van der Waals surface area contributed by atoms with Crippen LogP contribution in [-0.4, -0.2) is 37.1 Å². The van der Waals surface area contributed by atoms with Gasteiger partial charge in [-0.05, 0) is 107 Å². The molecule has 8 nitrogen and oxygen atoms in total. The Morgan fingerprint density at radius 2 is 0.871 bits per heavy atom. The van der Waals surface area contributed by atoms with Crippen LogP contribution in [0.25, 0.3) is 0 Å². The van der Waals surface area contributed by atoms with E-state index in [1.165, 1.54) is 12.1 Å². The smallest absolute Gasteiger partial charge is 0.306 e. The van der Waals surface area contributed by atoms with Crippen molar-refractivity contribution in [3.8, 4) is 0 Å². The summed E-state index contributed by atoms with van der Waals surface area (Å²) in [5, 5.41) is 5.58. The highest BCUT2D eigenvalue weighted by Gasteiger charge is 2.19. The number of carbonyl (C=O) groups is 3. The lowest BCUT2D eigenvalue weighted by molar-refractivity contribution is -0.158. The molecule has 1 rings (SSSR count). The van der Waals surface area contributed by atoms with Crippen LogP contribution < -0.4 is 5.32 Å². The van der Waals surface area contributed by atoms with Gasteiger partial charge in [-0.25, -0.2) is 0 Å². The SMILES string of the molecule is CC/C=C\C/C=C\C/C=C\C/C=C\C/C=C\C/C=C\CCC(=O)OCC(CNC(=O)c1ccccc1N=O)OC(=O)CC/C=C\C/C=C\C/C=C\C/C=C\C/C=C\C/C=C\CC. The van der Waals surface area contributed by atoms with Crippen molar-refractivity contribution in [3.63, 3.8) is 0 Å². The van der Waals surface area contributed by atoms with Gasteiger partial charge in [0, 0.05) is 12.8 Å². The quantitative estimate of drug-likeness (QED) is 0.0414. The number of nitroso groups, excluding NO2 is 1. The predicted octanol–water partition coefficient (Wildman–Crippen LogP) is 14.2. The Balaban J connectivity index is 2.43. The first-order valence-electron chi connectivity index (χ1n) is 22.4. The molecule has 1 aromatic carbocycles. The fourth-order valence-electron chi connectivity index (χ4n) is 5.37. The standard InChI is InChI=1S/C54H72N2O6/c1-3-5-7-9-11-13-15-17-19-21-23-25-27-29-31-33-35-37-39-45-52(57)61-48-49(47-55-54(59)50-43-41-42-44-51(50)56-60)62-53(58)46-40-38-36-34-32-30-28-26-24-22-20-18-16-14-12-10-8-6-4-2/h5-8,11-14,17-20,23-26,29-32,35-38,41-44,49H,3-4,9-10,15-16,21-22,27-28,33-34,39-40,45-48H2,1-2H3,(H,55,59)/b7-5-,8-6-,13-11-,14-12-,19-17-,20-18-,25-23-,26-24-,31-29-,32-30-,37-35-,38-36-. The summed E-state index contributed by atoms with van der Waals surface area (Å²) in [6.07, 6.45) is 62.6. The number of amides is 1. The largest absolute Gasteiger partial charge is 0.462 e. The van der Waals surface area contributed by atoms with E-state index in [2.05, 4.69) is 146 Å². The average Bonchev–Trinajstić information content (AvgIpc) is 3.28. The zero-order valence-electron chi connectivity index (χ0n) is 37.4. The highest BCUT2D eigenvalue weighted by molar-refractivity contribution is 5.98. The second-order valence-electron chi connectivity index (χ2n) is 14.0. The summed E-state index contributed by atoms with van der Waals surface area (Å²) >= 11 is 0. The molecule has 0 bridgehead atoms. The first kappa shape index (κ1) is 54.1. The molecule has 0 radical (unpaired) electrons. The molecule has 334 valence electrons. The summed E-state index contributed by atoms with van der Waals surface area (Å²) in [5.41, 5.74) is 0.0920. The van der Waals surface area contributed by atoms with Gasteiger partial charge in [0.25, 0.3) is 5.91 Å². The van der Waals surface area contributed by atoms with Crippen LogP contribution in [0.2, 0.25) is 0 Å². The zero-order valence-corrected chi connectivity index (χ0v) is 37.4. The molecule has 1 amide bonds. The second kappa shape index (κ2) is 41.8. The van der Waals surface area contributed by atoms with Crippen LogP contribution in [0.15, 0.2) is 175 Å². The van der Waals surface area contributed by atoms with Gasteiger partial charge < -0.3 is 14.8 Å². The molecule has 0 aromatic heterocycles. The summed E-state index contributed by atoms with van der Waals surface area (Å²) in [6, 6.07) is 6.15. The van der Waals surface area contributed by atoms with E-state index >= 15 is 0 Å². The molecule has 0 heterocycles. The number of carbonyl (C=O) groups excluding carboxylic acids is 3. The number of hydrogen-bond donors (Lipinski definition) is 1. The zero-order chi connectivity index (χ0) is 44.8. The lowest BCUT2D eigenvalue weighted by Gasteiger charge is -2.19. The van der Waals surface area contributed by atoms with Gasteiger partial charge in [-0.2, -0.15) is 0 Å². The summed E-state index contributed by atoms with van der Waals surface area (Å²) < 4.78 is 11.0. The first-order chi connectivity index (χ1) is 30.5. The number of allylic oxidation sites excluding steroid dienone is 24. The average molecular weight is 845 g/mol. The van der Waals surface area contributed by atoms with Crippen LogP contribution in [0.5, 0.6) is 0 Å². The molecule has 0 aliphatic carbocycles. The van der Waals surface area contributed by atoms with Gasteiger partial charge in [0.15, 0.2) is 6.10 Å². The Morgan fingerprint density at radius 1 is 0.516 bits per heavy atom. The molecular weight excluding hydrogens is 773 g/mol. The first-order valence-corrected chi connectivity index (χ1v) is 22.4. The number of ether oxygens (including phenoxy) is 2. The molecule has 8 heteroatoms. The van der Waals surface area contributed by atoms with Gasteiger partial charge in [-0.3, -0.25) is 14.4 Å². The van der Waals surface area contributed by atoms with E-state index in [0.29, 0.717) is 12.8 Å². The monoisotopic (exact) mass is 845 g/mol. The van der Waals surface area contributed by atoms with Crippen LogP contribution in [0.4, 0.5) is 5.69 Å². The minimum atomic E-state index is -0.914. The molecule has 0 saturated carbocycles. The van der Waals surface area contributed by atoms with Gasteiger partial charge in [0.1, 0.15) is 12.3 Å². The number of benzene rings is 1.